The van der Waals surface area contributed by atoms with Crippen LogP contribution < -0.4 is 10.6 Å². The van der Waals surface area contributed by atoms with E-state index >= 15 is 0 Å². The van der Waals surface area contributed by atoms with Crippen LogP contribution in [0.5, 0.6) is 0 Å². The van der Waals surface area contributed by atoms with Gasteiger partial charge in [-0.1, -0.05) is 0 Å². The average molecular weight is 303 g/mol. The van der Waals surface area contributed by atoms with Crippen molar-refractivity contribution in [2.24, 2.45) is 0 Å². The first-order chi connectivity index (χ1) is 9.72. The van der Waals surface area contributed by atoms with E-state index in [1.165, 1.54) is 11.6 Å². The Balaban J connectivity index is 1.72. The molecule has 4 nitrogen and oxygen atoms in total. The Morgan fingerprint density at radius 1 is 1.30 bits per heavy atom. The van der Waals surface area contributed by atoms with E-state index in [-0.39, 0.29) is 5.91 Å². The van der Waals surface area contributed by atoms with Gasteiger partial charge in [0.05, 0.1) is 28.0 Å². The molecule has 0 aliphatic carbocycles. The highest BCUT2D eigenvalue weighted by Gasteiger charge is 2.06. The number of fused-ring (bicyclic) bond motifs is 1. The van der Waals surface area contributed by atoms with Gasteiger partial charge in [0.2, 0.25) is 5.91 Å². The van der Waals surface area contributed by atoms with E-state index in [2.05, 4.69) is 21.7 Å². The molecule has 0 atom stereocenters. The molecule has 0 bridgehead atoms. The minimum atomic E-state index is -0.0456. The van der Waals surface area contributed by atoms with E-state index < -0.39 is 0 Å². The summed E-state index contributed by atoms with van der Waals surface area (Å²) in [5.74, 6) is -0.0456. The first-order valence-electron chi connectivity index (χ1n) is 6.13. The third-order valence-electron chi connectivity index (χ3n) is 2.84. The van der Waals surface area contributed by atoms with Crippen LogP contribution >= 0.6 is 22.7 Å². The van der Waals surface area contributed by atoms with Crippen molar-refractivity contribution in [1.29, 1.82) is 0 Å². The Kier molecular flexibility index (Phi) is 3.66. The maximum absolute atomic E-state index is 11.1. The van der Waals surface area contributed by atoms with E-state index in [9.17, 15) is 4.79 Å². The Morgan fingerprint density at radius 3 is 3.05 bits per heavy atom. The van der Waals surface area contributed by atoms with Crippen molar-refractivity contribution >= 4 is 50.2 Å². The molecule has 0 saturated heterocycles. The lowest BCUT2D eigenvalue weighted by Crippen LogP contribution is -2.08. The molecule has 3 aromatic rings. The summed E-state index contributed by atoms with van der Waals surface area (Å²) in [7, 11) is 0. The standard InChI is InChI=1S/C14H13N3OS2/c1-9(18)17-12-4-5-19-14(12)7-15-10-2-3-11-13(6-10)20-8-16-11/h2-6,8,15H,7H2,1H3,(H,17,18). The summed E-state index contributed by atoms with van der Waals surface area (Å²) in [4.78, 5) is 16.5. The number of rotatable bonds is 4. The van der Waals surface area contributed by atoms with Gasteiger partial charge in [-0.3, -0.25) is 4.79 Å². The molecule has 0 aliphatic rings. The number of anilines is 2. The molecule has 3 rings (SSSR count). The molecule has 1 aromatic carbocycles. The van der Waals surface area contributed by atoms with Crippen LogP contribution in [0.2, 0.25) is 0 Å². The third kappa shape index (κ3) is 2.81. The molecular formula is C14H13N3OS2. The molecule has 0 unspecified atom stereocenters. The predicted octanol–water partition coefficient (Wildman–Crippen LogP) is 3.93. The molecule has 6 heteroatoms. The van der Waals surface area contributed by atoms with E-state index in [4.69, 9.17) is 0 Å². The normalized spacial score (nSPS) is 10.7. The summed E-state index contributed by atoms with van der Waals surface area (Å²) in [6.07, 6.45) is 0. The maximum Gasteiger partial charge on any atom is 0.221 e. The molecule has 102 valence electrons. The van der Waals surface area contributed by atoms with Crippen molar-refractivity contribution < 1.29 is 4.79 Å². The van der Waals surface area contributed by atoms with Crippen LogP contribution in [0.3, 0.4) is 0 Å². The molecule has 0 fully saturated rings. The molecule has 20 heavy (non-hydrogen) atoms. The number of hydrogen-bond donors (Lipinski definition) is 2. The zero-order valence-electron chi connectivity index (χ0n) is 10.8. The van der Waals surface area contributed by atoms with Gasteiger partial charge in [-0.2, -0.15) is 0 Å². The summed E-state index contributed by atoms with van der Waals surface area (Å²) in [5, 5.41) is 8.20. The fourth-order valence-electron chi connectivity index (χ4n) is 1.93. The number of amides is 1. The highest BCUT2D eigenvalue weighted by molar-refractivity contribution is 7.16. The Bertz CT molecular complexity index is 748. The lowest BCUT2D eigenvalue weighted by Gasteiger charge is -2.07. The molecule has 0 radical (unpaired) electrons. The van der Waals surface area contributed by atoms with Crippen molar-refractivity contribution in [3.63, 3.8) is 0 Å². The van der Waals surface area contributed by atoms with Crippen molar-refractivity contribution in [2.45, 2.75) is 13.5 Å². The van der Waals surface area contributed by atoms with Crippen molar-refractivity contribution in [1.82, 2.24) is 4.98 Å². The van der Waals surface area contributed by atoms with Crippen molar-refractivity contribution in [3.05, 3.63) is 40.0 Å². The first-order valence-corrected chi connectivity index (χ1v) is 7.89. The van der Waals surface area contributed by atoms with Gasteiger partial charge in [-0.05, 0) is 29.6 Å². The summed E-state index contributed by atoms with van der Waals surface area (Å²) in [6, 6.07) is 8.05. The van der Waals surface area contributed by atoms with E-state index in [0.717, 1.165) is 21.8 Å². The molecule has 1 amide bonds. The van der Waals surface area contributed by atoms with Gasteiger partial charge in [-0.15, -0.1) is 22.7 Å². The number of nitrogens with one attached hydrogen (secondary N) is 2. The van der Waals surface area contributed by atoms with Gasteiger partial charge < -0.3 is 10.6 Å². The molecule has 2 N–H and O–H groups in total. The fraction of sp³-hybridized carbons (Fsp3) is 0.143. The fourth-order valence-corrected chi connectivity index (χ4v) is 3.41. The topological polar surface area (TPSA) is 54.0 Å². The van der Waals surface area contributed by atoms with Gasteiger partial charge in [0.15, 0.2) is 0 Å². The van der Waals surface area contributed by atoms with Crippen LogP contribution in [0.15, 0.2) is 35.2 Å². The van der Waals surface area contributed by atoms with E-state index in [1.54, 1.807) is 22.7 Å². The van der Waals surface area contributed by atoms with E-state index in [1.807, 2.05) is 29.1 Å². The molecule has 2 heterocycles. The summed E-state index contributed by atoms with van der Waals surface area (Å²) >= 11 is 3.26. The molecule has 2 aromatic heterocycles. The zero-order valence-corrected chi connectivity index (χ0v) is 12.5. The number of aromatic nitrogens is 1. The minimum absolute atomic E-state index is 0.0456. The number of carbonyl (C=O) groups is 1. The number of nitrogens with zero attached hydrogens (tertiary/aromatic N) is 1. The molecular weight excluding hydrogens is 290 g/mol. The number of hydrogen-bond acceptors (Lipinski definition) is 5. The van der Waals surface area contributed by atoms with Gasteiger partial charge in [0.25, 0.3) is 0 Å². The number of benzene rings is 1. The van der Waals surface area contributed by atoms with E-state index in [0.29, 0.717) is 6.54 Å². The van der Waals surface area contributed by atoms with Crippen LogP contribution in [0.25, 0.3) is 10.2 Å². The second kappa shape index (κ2) is 5.60. The largest absolute Gasteiger partial charge is 0.380 e. The average Bonchev–Trinajstić information content (AvgIpc) is 3.03. The first kappa shape index (κ1) is 13.1. The maximum atomic E-state index is 11.1. The predicted molar refractivity (Wildman–Crippen MR) is 85.6 cm³/mol. The lowest BCUT2D eigenvalue weighted by molar-refractivity contribution is -0.114. The molecule has 0 spiro atoms. The van der Waals surface area contributed by atoms with Crippen LogP contribution in [-0.2, 0) is 11.3 Å². The smallest absolute Gasteiger partial charge is 0.221 e. The summed E-state index contributed by atoms with van der Waals surface area (Å²) < 4.78 is 1.17. The quantitative estimate of drug-likeness (QED) is 0.768. The van der Waals surface area contributed by atoms with Gasteiger partial charge in [-0.25, -0.2) is 4.98 Å². The summed E-state index contributed by atoms with van der Waals surface area (Å²) in [6.45, 7) is 2.21. The number of thiophene rings is 1. The van der Waals surface area contributed by atoms with Crippen LogP contribution in [0.1, 0.15) is 11.8 Å². The summed E-state index contributed by atoms with van der Waals surface area (Å²) in [5.41, 5.74) is 4.82. The zero-order chi connectivity index (χ0) is 13.9. The minimum Gasteiger partial charge on any atom is -0.380 e. The second-order valence-electron chi connectivity index (χ2n) is 4.33. The SMILES string of the molecule is CC(=O)Nc1ccsc1CNc1ccc2ncsc2c1. The third-order valence-corrected chi connectivity index (χ3v) is 4.55. The Morgan fingerprint density at radius 2 is 2.20 bits per heavy atom. The monoisotopic (exact) mass is 303 g/mol. The van der Waals surface area contributed by atoms with Crippen LogP contribution in [0.4, 0.5) is 11.4 Å². The number of thiazole rings is 1. The molecule has 0 saturated carbocycles. The van der Waals surface area contributed by atoms with Gasteiger partial charge in [0, 0.05) is 17.5 Å². The highest BCUT2D eigenvalue weighted by Crippen LogP contribution is 2.25. The lowest BCUT2D eigenvalue weighted by atomic mass is 10.3. The Hall–Kier alpha value is -1.92. The van der Waals surface area contributed by atoms with Crippen molar-refractivity contribution in [3.8, 4) is 0 Å². The van der Waals surface area contributed by atoms with Gasteiger partial charge in [0.1, 0.15) is 0 Å². The van der Waals surface area contributed by atoms with Crippen LogP contribution in [0, 0.1) is 0 Å². The highest BCUT2D eigenvalue weighted by atomic mass is 32.1. The van der Waals surface area contributed by atoms with Crippen molar-refractivity contribution in [2.75, 3.05) is 10.6 Å². The second-order valence-corrected chi connectivity index (χ2v) is 6.21. The van der Waals surface area contributed by atoms with Gasteiger partial charge >= 0.3 is 0 Å². The molecule has 0 aliphatic heterocycles. The van der Waals surface area contributed by atoms with Crippen LogP contribution in [-0.4, -0.2) is 10.9 Å². The Labute approximate surface area is 124 Å². The number of carbonyl (C=O) groups excluding carboxylic acids is 1.